The van der Waals surface area contributed by atoms with Crippen molar-refractivity contribution in [3.05, 3.63) is 33.7 Å². The Balaban J connectivity index is 2.53. The van der Waals surface area contributed by atoms with Gasteiger partial charge in [-0.2, -0.15) is 0 Å². The number of hydrogen-bond donors (Lipinski definition) is 2. The molecule has 1 aliphatic rings. The first-order chi connectivity index (χ1) is 8.61. The predicted octanol–water partition coefficient (Wildman–Crippen LogP) is 2.06. The van der Waals surface area contributed by atoms with Crippen LogP contribution in [-0.2, 0) is 13.0 Å². The second-order valence-corrected chi connectivity index (χ2v) is 4.84. The maximum absolute atomic E-state index is 12.4. The molecular weight excluding hydrogens is 230 g/mol. The third-order valence-corrected chi connectivity index (χ3v) is 3.81. The summed E-state index contributed by atoms with van der Waals surface area (Å²) in [6.45, 7) is 2.64. The number of pyridine rings is 1. The molecule has 0 unspecified atom stereocenters. The summed E-state index contributed by atoms with van der Waals surface area (Å²) in [6.07, 6.45) is 2.93. The normalized spacial score (nSPS) is 14.7. The van der Waals surface area contributed by atoms with E-state index in [-0.39, 0.29) is 17.1 Å². The first kappa shape index (κ1) is 11.1. The zero-order chi connectivity index (χ0) is 12.9. The van der Waals surface area contributed by atoms with Crippen molar-refractivity contribution in [1.29, 1.82) is 0 Å². The van der Waals surface area contributed by atoms with E-state index < -0.39 is 0 Å². The number of benzene rings is 1. The molecule has 0 spiro atoms. The summed E-state index contributed by atoms with van der Waals surface area (Å²) < 4.78 is 1.80. The number of fused-ring (bicyclic) bond motifs is 2. The van der Waals surface area contributed by atoms with Crippen molar-refractivity contribution in [1.82, 2.24) is 4.57 Å². The highest BCUT2D eigenvalue weighted by Gasteiger charge is 2.19. The number of phenols is 2. The summed E-state index contributed by atoms with van der Waals surface area (Å²) >= 11 is 0. The molecule has 94 valence electrons. The van der Waals surface area contributed by atoms with Crippen LogP contribution >= 0.6 is 0 Å². The minimum Gasteiger partial charge on any atom is -0.504 e. The Morgan fingerprint density at radius 3 is 2.78 bits per heavy atom. The Labute approximate surface area is 104 Å². The second-order valence-electron chi connectivity index (χ2n) is 4.84. The van der Waals surface area contributed by atoms with Crippen molar-refractivity contribution in [3.8, 4) is 11.5 Å². The average Bonchev–Trinajstić information content (AvgIpc) is 2.39. The number of rotatable bonds is 0. The van der Waals surface area contributed by atoms with Crippen LogP contribution in [0.2, 0.25) is 0 Å². The van der Waals surface area contributed by atoms with Crippen LogP contribution < -0.4 is 5.56 Å². The largest absolute Gasteiger partial charge is 0.504 e. The van der Waals surface area contributed by atoms with Crippen molar-refractivity contribution in [2.45, 2.75) is 32.7 Å². The van der Waals surface area contributed by atoms with Gasteiger partial charge in [0.05, 0.1) is 5.39 Å². The van der Waals surface area contributed by atoms with Crippen LogP contribution in [0, 0.1) is 6.92 Å². The molecule has 1 aromatic carbocycles. The minimum atomic E-state index is -0.184. The van der Waals surface area contributed by atoms with E-state index in [1.807, 2.05) is 6.92 Å². The molecule has 1 aromatic heterocycles. The lowest BCUT2D eigenvalue weighted by molar-refractivity contribution is 0.407. The highest BCUT2D eigenvalue weighted by Crippen LogP contribution is 2.36. The summed E-state index contributed by atoms with van der Waals surface area (Å²) in [6, 6.07) is 2.95. The fourth-order valence-corrected chi connectivity index (χ4v) is 2.87. The molecule has 2 heterocycles. The van der Waals surface area contributed by atoms with Gasteiger partial charge in [-0.05, 0) is 43.9 Å². The van der Waals surface area contributed by atoms with E-state index in [1.165, 1.54) is 6.07 Å². The van der Waals surface area contributed by atoms with Gasteiger partial charge in [0.1, 0.15) is 0 Å². The molecule has 3 rings (SSSR count). The maximum atomic E-state index is 12.4. The fourth-order valence-electron chi connectivity index (χ4n) is 2.87. The van der Waals surface area contributed by atoms with Gasteiger partial charge in [0.25, 0.3) is 5.56 Å². The molecule has 0 radical (unpaired) electrons. The van der Waals surface area contributed by atoms with Crippen LogP contribution in [0.5, 0.6) is 11.5 Å². The van der Waals surface area contributed by atoms with E-state index in [2.05, 4.69) is 0 Å². The van der Waals surface area contributed by atoms with Crippen LogP contribution in [-0.4, -0.2) is 14.8 Å². The second kappa shape index (κ2) is 3.77. The van der Waals surface area contributed by atoms with E-state index in [9.17, 15) is 15.0 Å². The number of hydrogen-bond acceptors (Lipinski definition) is 3. The van der Waals surface area contributed by atoms with E-state index in [0.29, 0.717) is 10.8 Å². The Morgan fingerprint density at radius 2 is 2.00 bits per heavy atom. The average molecular weight is 245 g/mol. The standard InChI is InChI=1S/C14H15NO3/c1-8-10-4-2-3-7-15(10)14(18)9-5-6-11(16)13(17)12(8)9/h5-6,16-17H,2-4,7H2,1H3. The Bertz CT molecular complexity index is 700. The Hall–Kier alpha value is -1.97. The van der Waals surface area contributed by atoms with Gasteiger partial charge in [-0.25, -0.2) is 0 Å². The molecule has 0 saturated carbocycles. The van der Waals surface area contributed by atoms with Crippen molar-refractivity contribution >= 4 is 10.8 Å². The highest BCUT2D eigenvalue weighted by molar-refractivity contribution is 5.93. The maximum Gasteiger partial charge on any atom is 0.258 e. The molecule has 0 saturated heterocycles. The van der Waals surface area contributed by atoms with E-state index in [4.69, 9.17) is 0 Å². The summed E-state index contributed by atoms with van der Waals surface area (Å²) in [5.41, 5.74) is 1.82. The molecule has 0 bridgehead atoms. The van der Waals surface area contributed by atoms with E-state index >= 15 is 0 Å². The molecule has 0 atom stereocenters. The lowest BCUT2D eigenvalue weighted by Crippen LogP contribution is -2.28. The van der Waals surface area contributed by atoms with E-state index in [0.717, 1.165) is 37.1 Å². The van der Waals surface area contributed by atoms with Crippen LogP contribution in [0.1, 0.15) is 24.1 Å². The number of aromatic nitrogens is 1. The third kappa shape index (κ3) is 1.35. The van der Waals surface area contributed by atoms with Gasteiger partial charge < -0.3 is 14.8 Å². The van der Waals surface area contributed by atoms with Gasteiger partial charge in [0.15, 0.2) is 11.5 Å². The van der Waals surface area contributed by atoms with Gasteiger partial charge in [0, 0.05) is 17.6 Å². The van der Waals surface area contributed by atoms with Gasteiger partial charge in [-0.3, -0.25) is 4.79 Å². The first-order valence-electron chi connectivity index (χ1n) is 6.18. The number of aryl methyl sites for hydroxylation is 1. The van der Waals surface area contributed by atoms with Crippen molar-refractivity contribution in [3.63, 3.8) is 0 Å². The molecule has 2 N–H and O–H groups in total. The summed E-state index contributed by atoms with van der Waals surface area (Å²) in [4.78, 5) is 12.4. The van der Waals surface area contributed by atoms with Gasteiger partial charge >= 0.3 is 0 Å². The lowest BCUT2D eigenvalue weighted by atomic mass is 9.98. The molecule has 4 heteroatoms. The molecular formula is C14H15NO3. The minimum absolute atomic E-state index is 0.0689. The van der Waals surface area contributed by atoms with Crippen molar-refractivity contribution in [2.75, 3.05) is 0 Å². The van der Waals surface area contributed by atoms with Crippen molar-refractivity contribution in [2.24, 2.45) is 0 Å². The predicted molar refractivity (Wildman–Crippen MR) is 69.2 cm³/mol. The van der Waals surface area contributed by atoms with Crippen LogP contribution in [0.3, 0.4) is 0 Å². The number of aromatic hydroxyl groups is 2. The molecule has 0 amide bonds. The van der Waals surface area contributed by atoms with Crippen LogP contribution in [0.15, 0.2) is 16.9 Å². The molecule has 2 aromatic rings. The van der Waals surface area contributed by atoms with Crippen molar-refractivity contribution < 1.29 is 10.2 Å². The molecule has 0 fully saturated rings. The highest BCUT2D eigenvalue weighted by atomic mass is 16.3. The molecule has 4 nitrogen and oxygen atoms in total. The van der Waals surface area contributed by atoms with Gasteiger partial charge in [0.2, 0.25) is 0 Å². The Morgan fingerprint density at radius 1 is 1.22 bits per heavy atom. The summed E-state index contributed by atoms with van der Waals surface area (Å²) in [7, 11) is 0. The number of phenolic OH excluding ortho intramolecular Hbond substituents is 2. The van der Waals surface area contributed by atoms with Gasteiger partial charge in [-0.1, -0.05) is 0 Å². The third-order valence-electron chi connectivity index (χ3n) is 3.81. The quantitative estimate of drug-likeness (QED) is 0.698. The van der Waals surface area contributed by atoms with Gasteiger partial charge in [-0.15, -0.1) is 0 Å². The lowest BCUT2D eigenvalue weighted by Gasteiger charge is -2.22. The molecule has 1 aliphatic heterocycles. The Kier molecular flexibility index (Phi) is 2.33. The fraction of sp³-hybridized carbons (Fsp3) is 0.357. The molecule has 18 heavy (non-hydrogen) atoms. The van der Waals surface area contributed by atoms with E-state index in [1.54, 1.807) is 10.6 Å². The summed E-state index contributed by atoms with van der Waals surface area (Å²) in [5.74, 6) is -0.359. The molecule has 0 aliphatic carbocycles. The zero-order valence-corrected chi connectivity index (χ0v) is 10.2. The SMILES string of the molecule is Cc1c2n(c(=O)c3ccc(O)c(O)c13)CCCC2. The monoisotopic (exact) mass is 245 g/mol. The summed E-state index contributed by atoms with van der Waals surface area (Å²) in [5, 5.41) is 20.5. The zero-order valence-electron chi connectivity index (χ0n) is 10.2. The first-order valence-corrected chi connectivity index (χ1v) is 6.18. The topological polar surface area (TPSA) is 62.5 Å². The number of nitrogens with zero attached hydrogens (tertiary/aromatic N) is 1. The smallest absolute Gasteiger partial charge is 0.258 e. The van der Waals surface area contributed by atoms with Crippen LogP contribution in [0.4, 0.5) is 0 Å². The van der Waals surface area contributed by atoms with Crippen LogP contribution in [0.25, 0.3) is 10.8 Å².